The number of halogens is 1. The lowest BCUT2D eigenvalue weighted by atomic mass is 10.2. The smallest absolute Gasteiger partial charge is 0.146 e. The van der Waals surface area contributed by atoms with E-state index in [1.807, 2.05) is 17.9 Å². The Hall–Kier alpha value is -1.49. The summed E-state index contributed by atoms with van der Waals surface area (Å²) in [6.07, 6.45) is 6.82. The van der Waals surface area contributed by atoms with Crippen LogP contribution < -0.4 is 4.90 Å². The van der Waals surface area contributed by atoms with Gasteiger partial charge in [-0.25, -0.2) is 4.39 Å². The summed E-state index contributed by atoms with van der Waals surface area (Å²) < 4.78 is 13.5. The van der Waals surface area contributed by atoms with Crippen molar-refractivity contribution in [3.8, 4) is 12.3 Å². The highest BCUT2D eigenvalue weighted by Gasteiger charge is 2.07. The number of hydrogen-bond acceptors (Lipinski definition) is 1. The molecule has 2 heteroatoms. The van der Waals surface area contributed by atoms with Gasteiger partial charge in [-0.1, -0.05) is 12.1 Å². The topological polar surface area (TPSA) is 3.24 Å². The Morgan fingerprint density at radius 1 is 1.40 bits per heavy atom. The molecule has 0 aliphatic carbocycles. The number of hydrogen-bond donors (Lipinski definition) is 0. The van der Waals surface area contributed by atoms with E-state index in [1.165, 1.54) is 6.07 Å². The molecule has 1 aromatic rings. The van der Waals surface area contributed by atoms with Crippen molar-refractivity contribution in [3.63, 3.8) is 0 Å². The second-order valence-electron chi connectivity index (χ2n) is 3.34. The fraction of sp³-hybridized carbons (Fsp3) is 0.385. The van der Waals surface area contributed by atoms with Gasteiger partial charge in [-0.15, -0.1) is 12.3 Å². The minimum absolute atomic E-state index is 0.167. The molecule has 0 aromatic heterocycles. The molecule has 0 aliphatic rings. The van der Waals surface area contributed by atoms with Crippen LogP contribution >= 0.6 is 0 Å². The van der Waals surface area contributed by atoms with Gasteiger partial charge >= 0.3 is 0 Å². The van der Waals surface area contributed by atoms with Gasteiger partial charge in [0.2, 0.25) is 0 Å². The van der Waals surface area contributed by atoms with Crippen LogP contribution in [-0.2, 0) is 0 Å². The fourth-order valence-corrected chi connectivity index (χ4v) is 1.53. The van der Waals surface area contributed by atoms with Crippen LogP contribution in [0.5, 0.6) is 0 Å². The normalized spacial score (nSPS) is 9.67. The highest BCUT2D eigenvalue weighted by atomic mass is 19.1. The maximum absolute atomic E-state index is 13.5. The quantitative estimate of drug-likeness (QED) is 0.527. The fourth-order valence-electron chi connectivity index (χ4n) is 1.53. The number of terminal acetylenes is 1. The molecule has 0 radical (unpaired) electrons. The zero-order valence-corrected chi connectivity index (χ0v) is 9.04. The molecule has 0 saturated heterocycles. The first-order valence-electron chi connectivity index (χ1n) is 5.22. The predicted molar refractivity (Wildman–Crippen MR) is 62.4 cm³/mol. The third kappa shape index (κ3) is 3.28. The molecule has 0 amide bonds. The van der Waals surface area contributed by atoms with E-state index in [1.54, 1.807) is 12.1 Å². The molecule has 0 unspecified atom stereocenters. The Morgan fingerprint density at radius 2 is 2.13 bits per heavy atom. The van der Waals surface area contributed by atoms with Crippen LogP contribution in [0, 0.1) is 18.2 Å². The lowest BCUT2D eigenvalue weighted by Crippen LogP contribution is -2.24. The molecular weight excluding hydrogens is 189 g/mol. The van der Waals surface area contributed by atoms with Gasteiger partial charge in [-0.3, -0.25) is 0 Å². The summed E-state index contributed by atoms with van der Waals surface area (Å²) in [7, 11) is 0. The molecule has 0 aliphatic heterocycles. The molecule has 15 heavy (non-hydrogen) atoms. The molecule has 0 spiro atoms. The van der Waals surface area contributed by atoms with Crippen molar-refractivity contribution in [2.24, 2.45) is 0 Å². The zero-order valence-electron chi connectivity index (χ0n) is 9.04. The summed E-state index contributed by atoms with van der Waals surface area (Å²) in [5.74, 6) is 2.43. The van der Waals surface area contributed by atoms with Crippen LogP contribution in [0.25, 0.3) is 0 Å². The van der Waals surface area contributed by atoms with E-state index < -0.39 is 0 Å². The Bertz CT molecular complexity index is 341. The lowest BCUT2D eigenvalue weighted by molar-refractivity contribution is 0.616. The van der Waals surface area contributed by atoms with Gasteiger partial charge in [0, 0.05) is 19.5 Å². The van der Waals surface area contributed by atoms with E-state index in [-0.39, 0.29) is 5.82 Å². The van der Waals surface area contributed by atoms with E-state index in [9.17, 15) is 4.39 Å². The van der Waals surface area contributed by atoms with Crippen molar-refractivity contribution >= 4 is 5.69 Å². The summed E-state index contributed by atoms with van der Waals surface area (Å²) in [5, 5.41) is 0. The summed E-state index contributed by atoms with van der Waals surface area (Å²) in [4.78, 5) is 2.01. The number of para-hydroxylation sites is 1. The Kier molecular flexibility index (Phi) is 4.70. The van der Waals surface area contributed by atoms with E-state index in [0.29, 0.717) is 5.69 Å². The van der Waals surface area contributed by atoms with Gasteiger partial charge in [0.05, 0.1) is 5.69 Å². The number of anilines is 1. The minimum atomic E-state index is -0.167. The number of rotatable bonds is 5. The summed E-state index contributed by atoms with van der Waals surface area (Å²) in [6, 6.07) is 6.84. The van der Waals surface area contributed by atoms with Crippen molar-refractivity contribution in [1.82, 2.24) is 0 Å². The van der Waals surface area contributed by atoms with Crippen LogP contribution in [-0.4, -0.2) is 13.1 Å². The second-order valence-corrected chi connectivity index (χ2v) is 3.34. The second kappa shape index (κ2) is 6.08. The predicted octanol–water partition coefficient (Wildman–Crippen LogP) is 3.07. The van der Waals surface area contributed by atoms with Gasteiger partial charge in [0.25, 0.3) is 0 Å². The maximum Gasteiger partial charge on any atom is 0.146 e. The Balaban J connectivity index is 2.66. The van der Waals surface area contributed by atoms with E-state index >= 15 is 0 Å². The highest BCUT2D eigenvalue weighted by molar-refractivity contribution is 5.47. The number of unbranched alkanes of at least 4 members (excludes halogenated alkanes) is 1. The largest absolute Gasteiger partial charge is 0.369 e. The third-order valence-corrected chi connectivity index (χ3v) is 2.32. The van der Waals surface area contributed by atoms with Gasteiger partial charge in [0.1, 0.15) is 5.82 Å². The molecule has 0 atom stereocenters. The molecular formula is C13H16FN. The van der Waals surface area contributed by atoms with Crippen LogP contribution in [0.3, 0.4) is 0 Å². The first kappa shape index (κ1) is 11.6. The lowest BCUT2D eigenvalue weighted by Gasteiger charge is -2.23. The third-order valence-electron chi connectivity index (χ3n) is 2.32. The van der Waals surface area contributed by atoms with E-state index in [2.05, 4.69) is 5.92 Å². The molecule has 80 valence electrons. The summed E-state index contributed by atoms with van der Waals surface area (Å²) in [5.41, 5.74) is 0.664. The van der Waals surface area contributed by atoms with Crippen molar-refractivity contribution < 1.29 is 4.39 Å². The first-order chi connectivity index (χ1) is 7.29. The monoisotopic (exact) mass is 205 g/mol. The van der Waals surface area contributed by atoms with Crippen LogP contribution in [0.4, 0.5) is 10.1 Å². The maximum atomic E-state index is 13.5. The molecule has 1 aromatic carbocycles. The van der Waals surface area contributed by atoms with Crippen molar-refractivity contribution in [2.45, 2.75) is 19.8 Å². The average molecular weight is 205 g/mol. The molecule has 1 nitrogen and oxygen atoms in total. The van der Waals surface area contributed by atoms with Crippen molar-refractivity contribution in [2.75, 3.05) is 18.0 Å². The SMILES string of the molecule is C#CCCCN(CC)c1ccccc1F. The zero-order chi connectivity index (χ0) is 11.1. The van der Waals surface area contributed by atoms with Crippen LogP contribution in [0.1, 0.15) is 19.8 Å². The molecule has 0 heterocycles. The van der Waals surface area contributed by atoms with Crippen LogP contribution in [0.15, 0.2) is 24.3 Å². The first-order valence-corrected chi connectivity index (χ1v) is 5.22. The van der Waals surface area contributed by atoms with Gasteiger partial charge < -0.3 is 4.90 Å². The molecule has 0 N–H and O–H groups in total. The molecule has 0 bridgehead atoms. The molecule has 0 saturated carbocycles. The van der Waals surface area contributed by atoms with Crippen molar-refractivity contribution in [3.05, 3.63) is 30.1 Å². The van der Waals surface area contributed by atoms with Crippen molar-refractivity contribution in [1.29, 1.82) is 0 Å². The Morgan fingerprint density at radius 3 is 2.73 bits per heavy atom. The van der Waals surface area contributed by atoms with Crippen LogP contribution in [0.2, 0.25) is 0 Å². The Labute approximate surface area is 90.9 Å². The van der Waals surface area contributed by atoms with Gasteiger partial charge in [-0.2, -0.15) is 0 Å². The molecule has 1 rings (SSSR count). The van der Waals surface area contributed by atoms with E-state index in [0.717, 1.165) is 25.9 Å². The average Bonchev–Trinajstić information content (AvgIpc) is 2.26. The van der Waals surface area contributed by atoms with E-state index in [4.69, 9.17) is 6.42 Å². The summed E-state index contributed by atoms with van der Waals surface area (Å²) in [6.45, 7) is 3.62. The molecule has 0 fully saturated rings. The number of benzene rings is 1. The minimum Gasteiger partial charge on any atom is -0.369 e. The summed E-state index contributed by atoms with van der Waals surface area (Å²) >= 11 is 0. The highest BCUT2D eigenvalue weighted by Crippen LogP contribution is 2.18. The van der Waals surface area contributed by atoms with Gasteiger partial charge in [0.15, 0.2) is 0 Å². The van der Waals surface area contributed by atoms with Gasteiger partial charge in [-0.05, 0) is 25.5 Å². The number of nitrogens with zero attached hydrogens (tertiary/aromatic N) is 1. The standard InChI is InChI=1S/C13H16FN/c1-3-5-8-11-15(4-2)13-10-7-6-9-12(13)14/h1,6-7,9-10H,4-5,8,11H2,2H3.